The minimum atomic E-state index is -0.507. The van der Waals surface area contributed by atoms with Gasteiger partial charge in [-0.2, -0.15) is 0 Å². The van der Waals surface area contributed by atoms with Gasteiger partial charge in [-0.15, -0.1) is 0 Å². The molecule has 0 bridgehead atoms. The third kappa shape index (κ3) is 5.80. The number of nitrogens with zero attached hydrogens (tertiary/aromatic N) is 3. The van der Waals surface area contributed by atoms with Crippen LogP contribution in [-0.2, 0) is 16.7 Å². The fourth-order valence-corrected chi connectivity index (χ4v) is 4.85. The number of H-pyrrole nitrogens is 1. The van der Waals surface area contributed by atoms with Crippen molar-refractivity contribution in [1.82, 2.24) is 19.5 Å². The lowest BCUT2D eigenvalue weighted by molar-refractivity contribution is 0.0600. The third-order valence-electron chi connectivity index (χ3n) is 7.21. The van der Waals surface area contributed by atoms with Gasteiger partial charge in [0.15, 0.2) is 22.6 Å². The minimum absolute atomic E-state index is 0.125. The van der Waals surface area contributed by atoms with Crippen LogP contribution in [0.4, 0.5) is 0 Å². The van der Waals surface area contributed by atoms with E-state index >= 15 is 0 Å². The molecule has 0 unspecified atom stereocenters. The highest BCUT2D eigenvalue weighted by molar-refractivity contribution is 5.89. The normalized spacial score (nSPS) is 13.9. The molecule has 10 nitrogen and oxygen atoms in total. The largest absolute Gasteiger partial charge is 0.493 e. The van der Waals surface area contributed by atoms with Gasteiger partial charge in [-0.1, -0.05) is 6.07 Å². The Morgan fingerprint density at radius 1 is 1.10 bits per heavy atom. The molecule has 0 radical (unpaired) electrons. The first-order chi connectivity index (χ1) is 19.3. The Labute approximate surface area is 232 Å². The zero-order valence-electron chi connectivity index (χ0n) is 23.3. The van der Waals surface area contributed by atoms with Gasteiger partial charge in [0, 0.05) is 0 Å². The van der Waals surface area contributed by atoms with Crippen molar-refractivity contribution >= 4 is 17.1 Å². The maximum Gasteiger partial charge on any atom is 0.337 e. The van der Waals surface area contributed by atoms with Crippen molar-refractivity contribution in [2.75, 3.05) is 20.8 Å². The summed E-state index contributed by atoms with van der Waals surface area (Å²) in [4.78, 5) is 24.2. The summed E-state index contributed by atoms with van der Waals surface area (Å²) >= 11 is 0. The van der Waals surface area contributed by atoms with Gasteiger partial charge in [0.25, 0.3) is 0 Å². The quantitative estimate of drug-likeness (QED) is 0.275. The van der Waals surface area contributed by atoms with E-state index in [2.05, 4.69) is 9.97 Å². The van der Waals surface area contributed by atoms with Crippen LogP contribution < -0.4 is 19.7 Å². The van der Waals surface area contributed by atoms with Gasteiger partial charge in [0.05, 0.1) is 44.2 Å². The molecule has 2 N–H and O–H groups in total. The monoisotopic (exact) mass is 545 g/mol. The molecule has 1 aliphatic rings. The van der Waals surface area contributed by atoms with Gasteiger partial charge in [-0.3, -0.25) is 5.41 Å². The molecule has 2 heterocycles. The highest BCUT2D eigenvalue weighted by Gasteiger charge is 2.27. The van der Waals surface area contributed by atoms with Crippen molar-refractivity contribution in [3.8, 4) is 17.2 Å². The number of carbonyl (C=O) groups excluding carboxylic acids is 1. The number of ether oxygens (including phenoxy) is 4. The molecule has 0 saturated heterocycles. The molecule has 1 fully saturated rings. The molecule has 2 aromatic carbocycles. The van der Waals surface area contributed by atoms with Crippen LogP contribution in [0.1, 0.15) is 61.3 Å². The molecule has 1 saturated carbocycles. The second-order valence-corrected chi connectivity index (χ2v) is 10.7. The summed E-state index contributed by atoms with van der Waals surface area (Å²) in [6.45, 7) is 4.87. The average Bonchev–Trinajstić information content (AvgIpc) is 3.65. The summed E-state index contributed by atoms with van der Waals surface area (Å²) in [6.07, 6.45) is 6.37. The third-order valence-corrected chi connectivity index (χ3v) is 7.21. The number of aromatic nitrogens is 4. The van der Waals surface area contributed by atoms with Crippen LogP contribution in [0.2, 0.25) is 0 Å². The highest BCUT2D eigenvalue weighted by Crippen LogP contribution is 2.33. The van der Waals surface area contributed by atoms with Crippen LogP contribution in [0.15, 0.2) is 48.8 Å². The van der Waals surface area contributed by atoms with Crippen LogP contribution in [0, 0.1) is 5.41 Å². The lowest BCUT2D eigenvalue weighted by atomic mass is 9.94. The Hall–Kier alpha value is -4.34. The van der Waals surface area contributed by atoms with Crippen molar-refractivity contribution in [3.05, 3.63) is 71.2 Å². The summed E-state index contributed by atoms with van der Waals surface area (Å²) in [7, 11) is 3.00. The molecule has 0 amide bonds. The number of rotatable bonds is 10. The number of carbonyl (C=O) groups is 1. The first-order valence-corrected chi connectivity index (χ1v) is 13.4. The summed E-state index contributed by atoms with van der Waals surface area (Å²) in [6, 6.07) is 12.8. The molecule has 1 aliphatic carbocycles. The highest BCUT2D eigenvalue weighted by atomic mass is 16.5. The molecular formula is C30H35N5O5. The molecule has 10 heteroatoms. The molecule has 0 spiro atoms. The second kappa shape index (κ2) is 11.4. The summed E-state index contributed by atoms with van der Waals surface area (Å²) in [5.74, 6) is 2.38. The van der Waals surface area contributed by atoms with E-state index < -0.39 is 11.4 Å². The minimum Gasteiger partial charge on any atom is -0.493 e. The Balaban J connectivity index is 1.36. The Bertz CT molecular complexity index is 1550. The molecule has 4 aromatic rings. The van der Waals surface area contributed by atoms with E-state index in [1.807, 2.05) is 36.6 Å². The van der Waals surface area contributed by atoms with E-state index in [1.165, 1.54) is 20.0 Å². The van der Waals surface area contributed by atoms with Gasteiger partial charge in [-0.25, -0.2) is 14.8 Å². The maximum atomic E-state index is 11.7. The molecule has 5 rings (SSSR count). The second-order valence-electron chi connectivity index (χ2n) is 10.7. The van der Waals surface area contributed by atoms with E-state index in [1.54, 1.807) is 37.7 Å². The van der Waals surface area contributed by atoms with Crippen LogP contribution in [0.25, 0.3) is 11.2 Å². The van der Waals surface area contributed by atoms with Crippen molar-refractivity contribution in [3.63, 3.8) is 0 Å². The lowest BCUT2D eigenvalue weighted by Crippen LogP contribution is -2.27. The van der Waals surface area contributed by atoms with Gasteiger partial charge in [0.1, 0.15) is 23.7 Å². The predicted octanol–water partition coefficient (Wildman–Crippen LogP) is 4.76. The molecule has 210 valence electrons. The van der Waals surface area contributed by atoms with Gasteiger partial charge in [0.2, 0.25) is 0 Å². The van der Waals surface area contributed by atoms with E-state index in [4.69, 9.17) is 29.3 Å². The maximum absolute atomic E-state index is 11.7. The van der Waals surface area contributed by atoms with E-state index in [9.17, 15) is 4.79 Å². The van der Waals surface area contributed by atoms with Crippen LogP contribution in [0.5, 0.6) is 17.2 Å². The van der Waals surface area contributed by atoms with E-state index in [0.717, 1.165) is 24.2 Å². The first kappa shape index (κ1) is 27.2. The first-order valence-electron chi connectivity index (χ1n) is 13.4. The molecule has 0 atom stereocenters. The average molecular weight is 546 g/mol. The number of methoxy groups -OCH3 is 2. The topological polar surface area (TPSA) is 124 Å². The summed E-state index contributed by atoms with van der Waals surface area (Å²) in [5, 5.41) is 8.38. The number of hydrogen-bond donors (Lipinski definition) is 2. The number of esters is 1. The fourth-order valence-electron chi connectivity index (χ4n) is 4.85. The van der Waals surface area contributed by atoms with Crippen molar-refractivity contribution in [1.29, 1.82) is 5.41 Å². The Morgan fingerprint density at radius 3 is 2.55 bits per heavy atom. The summed E-state index contributed by atoms with van der Waals surface area (Å²) in [5.41, 5.74) is 2.29. The number of aromatic amines is 1. The number of imidazole rings is 1. The number of nitrogens with one attached hydrogen (secondary N) is 2. The molecule has 0 aliphatic heterocycles. The van der Waals surface area contributed by atoms with E-state index in [-0.39, 0.29) is 11.6 Å². The standard InChI is InChI=1S/C30H35N5O5/c1-30(2,17-39-21-12-10-20(11-13-21)28(36)38-4)29-33-25-26(31)32-18-35(27(25)34-29)16-19-9-14-23(37-3)24(15-19)40-22-7-5-6-8-22/h9-15,18,22,31H,5-8,16-17H2,1-4H3,(H,33,34). The Morgan fingerprint density at radius 2 is 1.85 bits per heavy atom. The smallest absolute Gasteiger partial charge is 0.337 e. The SMILES string of the molecule is COC(=O)c1ccc(OCC(C)(C)c2nc3c([nH]2)c(=N)ncn3Cc2ccc(OC)c(OC3CCCC3)c2)cc1. The van der Waals surface area contributed by atoms with Crippen LogP contribution in [-0.4, -0.2) is 52.4 Å². The predicted molar refractivity (Wildman–Crippen MR) is 149 cm³/mol. The Kier molecular flexibility index (Phi) is 7.77. The number of hydrogen-bond acceptors (Lipinski definition) is 8. The van der Waals surface area contributed by atoms with Crippen molar-refractivity contribution in [2.45, 2.75) is 57.6 Å². The summed E-state index contributed by atoms with van der Waals surface area (Å²) < 4.78 is 24.5. The van der Waals surface area contributed by atoms with Gasteiger partial charge < -0.3 is 28.5 Å². The van der Waals surface area contributed by atoms with E-state index in [0.29, 0.717) is 47.2 Å². The van der Waals surface area contributed by atoms with Crippen LogP contribution in [0.3, 0.4) is 0 Å². The fraction of sp³-hybridized carbons (Fsp3) is 0.400. The zero-order chi connectivity index (χ0) is 28.3. The van der Waals surface area contributed by atoms with Crippen LogP contribution >= 0.6 is 0 Å². The van der Waals surface area contributed by atoms with Crippen molar-refractivity contribution < 1.29 is 23.7 Å². The molecule has 2 aromatic heterocycles. The molecular weight excluding hydrogens is 510 g/mol. The van der Waals surface area contributed by atoms with Gasteiger partial charge in [-0.05, 0) is 81.5 Å². The van der Waals surface area contributed by atoms with Gasteiger partial charge >= 0.3 is 5.97 Å². The molecule has 40 heavy (non-hydrogen) atoms. The van der Waals surface area contributed by atoms with Crippen molar-refractivity contribution in [2.24, 2.45) is 0 Å². The number of fused-ring (bicyclic) bond motifs is 1. The zero-order valence-corrected chi connectivity index (χ0v) is 23.3. The number of benzene rings is 2. The lowest BCUT2D eigenvalue weighted by Gasteiger charge is -2.22.